The highest BCUT2D eigenvalue weighted by Crippen LogP contribution is 2.34. The zero-order valence-electron chi connectivity index (χ0n) is 16.2. The predicted octanol–water partition coefficient (Wildman–Crippen LogP) is 6.78. The van der Waals surface area contributed by atoms with E-state index in [1.807, 2.05) is 42.5 Å². The summed E-state index contributed by atoms with van der Waals surface area (Å²) in [5.74, 6) is 0.971. The molecule has 1 N–H and O–H groups in total. The Kier molecular flexibility index (Phi) is 6.27. The molecule has 0 atom stereocenters. The number of nitrogens with zero attached hydrogens (tertiary/aromatic N) is 1. The second-order valence-electron chi connectivity index (χ2n) is 6.85. The second-order valence-corrected chi connectivity index (χ2v) is 9.04. The number of carbonyl (C=O) groups is 1. The van der Waals surface area contributed by atoms with Crippen LogP contribution in [0.2, 0.25) is 0 Å². The molecule has 0 saturated heterocycles. The maximum Gasteiger partial charge on any atom is 0.224 e. The minimum atomic E-state index is 0.0445. The Morgan fingerprint density at radius 3 is 2.59 bits per heavy atom. The lowest BCUT2D eigenvalue weighted by Gasteiger charge is -2.09. The third-order valence-corrected chi connectivity index (χ3v) is 6.73. The number of anilines is 1. The van der Waals surface area contributed by atoms with E-state index in [-0.39, 0.29) is 5.91 Å². The Balaban J connectivity index is 1.36. The smallest absolute Gasteiger partial charge is 0.224 e. The lowest BCUT2D eigenvalue weighted by atomic mass is 10.1. The molecule has 1 heterocycles. The average Bonchev–Trinajstić information content (AvgIpc) is 3.17. The molecule has 1 aromatic heterocycles. The Bertz CT molecular complexity index is 1090. The molecule has 146 valence electrons. The molecule has 0 bridgehead atoms. The van der Waals surface area contributed by atoms with Crippen molar-refractivity contribution in [2.24, 2.45) is 0 Å². The zero-order chi connectivity index (χ0) is 20.1. The summed E-state index contributed by atoms with van der Waals surface area (Å²) in [5, 5.41) is 4.01. The van der Waals surface area contributed by atoms with Gasteiger partial charge in [-0.05, 0) is 55.5 Å². The van der Waals surface area contributed by atoms with Gasteiger partial charge >= 0.3 is 0 Å². The Hall–Kier alpha value is -2.63. The van der Waals surface area contributed by atoms with Gasteiger partial charge in [-0.3, -0.25) is 4.79 Å². The van der Waals surface area contributed by atoms with E-state index in [9.17, 15) is 4.79 Å². The molecule has 3 aromatic carbocycles. The van der Waals surface area contributed by atoms with Gasteiger partial charge in [-0.25, -0.2) is 4.98 Å². The lowest BCUT2D eigenvalue weighted by Crippen LogP contribution is -2.12. The molecule has 0 aliphatic rings. The van der Waals surface area contributed by atoms with E-state index in [0.29, 0.717) is 6.42 Å². The van der Waals surface area contributed by atoms with Crippen molar-refractivity contribution in [3.63, 3.8) is 0 Å². The van der Waals surface area contributed by atoms with Crippen LogP contribution in [0.4, 0.5) is 5.69 Å². The van der Waals surface area contributed by atoms with Crippen LogP contribution < -0.4 is 5.32 Å². The summed E-state index contributed by atoms with van der Waals surface area (Å²) in [4.78, 5) is 18.5. The van der Waals surface area contributed by atoms with E-state index in [1.54, 1.807) is 23.1 Å². The number of aromatic nitrogens is 1. The molecule has 0 saturated carbocycles. The summed E-state index contributed by atoms with van der Waals surface area (Å²) in [7, 11) is 0. The average molecular weight is 419 g/mol. The first kappa shape index (κ1) is 19.7. The minimum Gasteiger partial charge on any atom is -0.325 e. The molecule has 29 heavy (non-hydrogen) atoms. The maximum atomic E-state index is 12.5. The normalized spacial score (nSPS) is 10.9. The number of carbonyl (C=O) groups excluding carboxylic acids is 1. The minimum absolute atomic E-state index is 0.0445. The van der Waals surface area contributed by atoms with Crippen molar-refractivity contribution >= 4 is 44.9 Å². The number of benzene rings is 3. The van der Waals surface area contributed by atoms with Crippen LogP contribution in [0.3, 0.4) is 0 Å². The Labute approximate surface area is 179 Å². The third-order valence-electron chi connectivity index (χ3n) is 4.56. The van der Waals surface area contributed by atoms with Crippen LogP contribution in [0, 0.1) is 6.92 Å². The fourth-order valence-electron chi connectivity index (χ4n) is 3.04. The molecule has 0 aliphatic carbocycles. The van der Waals surface area contributed by atoms with Gasteiger partial charge < -0.3 is 5.32 Å². The highest BCUT2D eigenvalue weighted by atomic mass is 32.2. The van der Waals surface area contributed by atoms with Gasteiger partial charge in [0.05, 0.1) is 15.9 Å². The van der Waals surface area contributed by atoms with E-state index >= 15 is 0 Å². The van der Waals surface area contributed by atoms with Gasteiger partial charge in [0.25, 0.3) is 0 Å². The largest absolute Gasteiger partial charge is 0.325 e. The predicted molar refractivity (Wildman–Crippen MR) is 125 cm³/mol. The monoisotopic (exact) mass is 418 g/mol. The van der Waals surface area contributed by atoms with Gasteiger partial charge in [-0.1, -0.05) is 42.0 Å². The van der Waals surface area contributed by atoms with Gasteiger partial charge in [0.1, 0.15) is 5.01 Å². The number of hydrogen-bond acceptors (Lipinski definition) is 4. The molecule has 4 rings (SSSR count). The van der Waals surface area contributed by atoms with Gasteiger partial charge in [0, 0.05) is 16.9 Å². The van der Waals surface area contributed by atoms with Crippen molar-refractivity contribution in [3.8, 4) is 10.6 Å². The molecule has 0 aliphatic heterocycles. The van der Waals surface area contributed by atoms with Gasteiger partial charge in [0.2, 0.25) is 5.91 Å². The van der Waals surface area contributed by atoms with Crippen molar-refractivity contribution < 1.29 is 4.79 Å². The quantitative estimate of drug-likeness (QED) is 0.266. The van der Waals surface area contributed by atoms with Gasteiger partial charge in [-0.2, -0.15) is 0 Å². The van der Waals surface area contributed by atoms with Crippen molar-refractivity contribution in [2.45, 2.75) is 24.7 Å². The summed E-state index contributed by atoms with van der Waals surface area (Å²) in [6, 6.07) is 24.5. The zero-order valence-corrected chi connectivity index (χ0v) is 17.9. The Morgan fingerprint density at radius 1 is 1.00 bits per heavy atom. The number of thioether (sulfide) groups is 1. The van der Waals surface area contributed by atoms with Crippen molar-refractivity contribution in [2.75, 3.05) is 11.1 Å². The van der Waals surface area contributed by atoms with Gasteiger partial charge in [-0.15, -0.1) is 23.1 Å². The van der Waals surface area contributed by atoms with Crippen LogP contribution in [0.1, 0.15) is 18.4 Å². The lowest BCUT2D eigenvalue weighted by molar-refractivity contribution is -0.116. The summed E-state index contributed by atoms with van der Waals surface area (Å²) in [6.07, 6.45) is 1.35. The van der Waals surface area contributed by atoms with Gasteiger partial charge in [0.15, 0.2) is 0 Å². The first-order valence-electron chi connectivity index (χ1n) is 9.63. The van der Waals surface area contributed by atoms with Crippen LogP contribution in [0.25, 0.3) is 20.8 Å². The number of para-hydroxylation sites is 2. The van der Waals surface area contributed by atoms with Crippen LogP contribution in [0.5, 0.6) is 0 Å². The SMILES string of the molecule is Cc1ccc(SCCCC(=O)Nc2ccccc2-c2nc3ccccc3s2)cc1. The van der Waals surface area contributed by atoms with Crippen LogP contribution in [-0.2, 0) is 4.79 Å². The number of hydrogen-bond donors (Lipinski definition) is 1. The topological polar surface area (TPSA) is 42.0 Å². The fraction of sp³-hybridized carbons (Fsp3) is 0.167. The second kappa shape index (κ2) is 9.25. The van der Waals surface area contributed by atoms with Crippen LogP contribution in [-0.4, -0.2) is 16.6 Å². The van der Waals surface area contributed by atoms with E-state index in [1.165, 1.54) is 10.5 Å². The van der Waals surface area contributed by atoms with E-state index in [4.69, 9.17) is 4.98 Å². The van der Waals surface area contributed by atoms with Crippen molar-refractivity contribution in [3.05, 3.63) is 78.4 Å². The third kappa shape index (κ3) is 5.05. The maximum absolute atomic E-state index is 12.5. The molecule has 5 heteroatoms. The molecule has 1 amide bonds. The molecule has 4 aromatic rings. The first-order chi connectivity index (χ1) is 14.2. The summed E-state index contributed by atoms with van der Waals surface area (Å²) >= 11 is 3.44. The molecule has 0 fully saturated rings. The van der Waals surface area contributed by atoms with Crippen molar-refractivity contribution in [1.82, 2.24) is 4.98 Å². The number of nitrogens with one attached hydrogen (secondary N) is 1. The number of thiazole rings is 1. The first-order valence-corrected chi connectivity index (χ1v) is 11.4. The van der Waals surface area contributed by atoms with E-state index in [2.05, 4.69) is 42.6 Å². The summed E-state index contributed by atoms with van der Waals surface area (Å²) < 4.78 is 1.15. The number of rotatable bonds is 7. The standard InChI is InChI=1S/C24H22N2OS2/c1-17-12-14-18(15-13-17)28-16-6-11-23(27)25-20-8-3-2-7-19(20)24-26-21-9-4-5-10-22(21)29-24/h2-5,7-10,12-15H,6,11,16H2,1H3,(H,25,27). The Morgan fingerprint density at radius 2 is 1.76 bits per heavy atom. The molecule has 0 radical (unpaired) electrons. The number of amides is 1. The van der Waals surface area contributed by atoms with Crippen molar-refractivity contribution in [1.29, 1.82) is 0 Å². The molecule has 0 spiro atoms. The highest BCUT2D eigenvalue weighted by molar-refractivity contribution is 7.99. The molecule has 0 unspecified atom stereocenters. The summed E-state index contributed by atoms with van der Waals surface area (Å²) in [6.45, 7) is 2.09. The number of fused-ring (bicyclic) bond motifs is 1. The number of aryl methyl sites for hydroxylation is 1. The molecular formula is C24H22N2OS2. The van der Waals surface area contributed by atoms with E-state index < -0.39 is 0 Å². The summed E-state index contributed by atoms with van der Waals surface area (Å²) in [5.41, 5.74) is 4.04. The van der Waals surface area contributed by atoms with E-state index in [0.717, 1.165) is 38.6 Å². The van der Waals surface area contributed by atoms with Crippen LogP contribution >= 0.6 is 23.1 Å². The van der Waals surface area contributed by atoms with Crippen LogP contribution in [0.15, 0.2) is 77.7 Å². The molecular weight excluding hydrogens is 396 g/mol. The fourth-order valence-corrected chi connectivity index (χ4v) is 4.89. The molecule has 3 nitrogen and oxygen atoms in total. The highest BCUT2D eigenvalue weighted by Gasteiger charge is 2.12.